The molecule has 110 valence electrons. The lowest BCUT2D eigenvalue weighted by atomic mass is 9.85. The van der Waals surface area contributed by atoms with Gasteiger partial charge in [0.25, 0.3) is 0 Å². The van der Waals surface area contributed by atoms with E-state index < -0.39 is 11.4 Å². The van der Waals surface area contributed by atoms with Gasteiger partial charge in [-0.3, -0.25) is 14.9 Å². The first-order valence-electron chi connectivity index (χ1n) is 6.13. The van der Waals surface area contributed by atoms with E-state index >= 15 is 0 Å². The number of aliphatic carboxylic acids is 1. The van der Waals surface area contributed by atoms with Gasteiger partial charge in [-0.15, -0.1) is 0 Å². The van der Waals surface area contributed by atoms with Gasteiger partial charge in [-0.05, 0) is 12.3 Å². The highest BCUT2D eigenvalue weighted by atomic mass is 16.5. The Morgan fingerprint density at radius 3 is 2.55 bits per heavy atom. The Morgan fingerprint density at radius 1 is 1.35 bits per heavy atom. The highest BCUT2D eigenvalue weighted by Crippen LogP contribution is 2.25. The average Bonchev–Trinajstić information content (AvgIpc) is 2.24. The molecule has 1 aromatic heterocycles. The van der Waals surface area contributed by atoms with Gasteiger partial charge in [-0.1, -0.05) is 13.8 Å². The van der Waals surface area contributed by atoms with Crippen molar-refractivity contribution in [3.05, 3.63) is 11.8 Å². The maximum atomic E-state index is 11.9. The van der Waals surface area contributed by atoms with Gasteiger partial charge in [0.2, 0.25) is 17.7 Å². The number of amides is 1. The zero-order valence-corrected chi connectivity index (χ0v) is 12.1. The van der Waals surface area contributed by atoms with Crippen molar-refractivity contribution < 1.29 is 19.4 Å². The summed E-state index contributed by atoms with van der Waals surface area (Å²) in [6.07, 6.45) is -0.0165. The van der Waals surface area contributed by atoms with Crippen molar-refractivity contribution in [2.75, 3.05) is 12.4 Å². The third-order valence-corrected chi connectivity index (χ3v) is 2.56. The molecule has 1 heterocycles. The van der Waals surface area contributed by atoms with Crippen LogP contribution in [0.4, 0.5) is 5.95 Å². The second-order valence-corrected chi connectivity index (χ2v) is 5.33. The smallest absolute Gasteiger partial charge is 0.303 e. The predicted molar refractivity (Wildman–Crippen MR) is 72.6 cm³/mol. The summed E-state index contributed by atoms with van der Waals surface area (Å²) in [6, 6.07) is 1.64. The molecule has 0 unspecified atom stereocenters. The molecule has 0 aliphatic carbocycles. The molecule has 7 nitrogen and oxygen atoms in total. The van der Waals surface area contributed by atoms with Crippen LogP contribution in [0.5, 0.6) is 5.88 Å². The van der Waals surface area contributed by atoms with E-state index in [0.29, 0.717) is 11.6 Å². The molecular weight excluding hydrogens is 262 g/mol. The van der Waals surface area contributed by atoms with E-state index in [1.165, 1.54) is 7.11 Å². The minimum absolute atomic E-state index is 0.0684. The van der Waals surface area contributed by atoms with Crippen molar-refractivity contribution in [2.45, 2.75) is 33.6 Å². The van der Waals surface area contributed by atoms with Gasteiger partial charge in [-0.2, -0.15) is 4.98 Å². The Bertz CT molecular complexity index is 514. The second-order valence-electron chi connectivity index (χ2n) is 5.33. The van der Waals surface area contributed by atoms with Crippen LogP contribution in [0.25, 0.3) is 0 Å². The fraction of sp³-hybridized carbons (Fsp3) is 0.538. The van der Waals surface area contributed by atoms with Crippen LogP contribution in [0.1, 0.15) is 32.4 Å². The van der Waals surface area contributed by atoms with Crippen LogP contribution in [-0.2, 0) is 9.59 Å². The van der Waals surface area contributed by atoms with E-state index in [0.717, 1.165) is 0 Å². The average molecular weight is 281 g/mol. The number of hydrogen-bond donors (Lipinski definition) is 2. The highest BCUT2D eigenvalue weighted by molar-refractivity contribution is 5.89. The molecule has 1 aromatic rings. The number of nitrogens with zero attached hydrogens (tertiary/aromatic N) is 2. The summed E-state index contributed by atoms with van der Waals surface area (Å²) >= 11 is 0. The number of nitrogens with one attached hydrogen (secondary N) is 1. The molecule has 1 rings (SSSR count). The zero-order chi connectivity index (χ0) is 15.3. The SMILES string of the molecule is COc1cc(C)nc(NC(=O)CC(C)(C)CC(=O)O)n1. The lowest BCUT2D eigenvalue weighted by molar-refractivity contribution is -0.139. The van der Waals surface area contributed by atoms with Gasteiger partial charge in [-0.25, -0.2) is 4.98 Å². The molecule has 0 saturated heterocycles. The first kappa shape index (κ1) is 15.9. The Morgan fingerprint density at radius 2 is 2.00 bits per heavy atom. The summed E-state index contributed by atoms with van der Waals surface area (Å²) in [4.78, 5) is 30.7. The van der Waals surface area contributed by atoms with Gasteiger partial charge in [0.05, 0.1) is 13.5 Å². The summed E-state index contributed by atoms with van der Waals surface area (Å²) in [7, 11) is 1.48. The lowest BCUT2D eigenvalue weighted by Gasteiger charge is -2.21. The summed E-state index contributed by atoms with van der Waals surface area (Å²) < 4.78 is 4.99. The third-order valence-electron chi connectivity index (χ3n) is 2.56. The van der Waals surface area contributed by atoms with Crippen molar-refractivity contribution in [1.82, 2.24) is 9.97 Å². The van der Waals surface area contributed by atoms with Gasteiger partial charge in [0.1, 0.15) is 0 Å². The molecule has 0 radical (unpaired) electrons. The van der Waals surface area contributed by atoms with Crippen LogP contribution in [-0.4, -0.2) is 34.1 Å². The monoisotopic (exact) mass is 281 g/mol. The summed E-state index contributed by atoms with van der Waals surface area (Å²) in [5.74, 6) is -0.754. The summed E-state index contributed by atoms with van der Waals surface area (Å²) in [6.45, 7) is 5.20. The van der Waals surface area contributed by atoms with E-state index in [1.54, 1.807) is 26.8 Å². The third kappa shape index (κ3) is 5.21. The molecule has 0 spiro atoms. The van der Waals surface area contributed by atoms with Crippen molar-refractivity contribution in [1.29, 1.82) is 0 Å². The zero-order valence-electron chi connectivity index (χ0n) is 12.1. The number of carbonyl (C=O) groups is 2. The van der Waals surface area contributed by atoms with Gasteiger partial charge in [0, 0.05) is 18.2 Å². The number of aryl methyl sites for hydroxylation is 1. The molecule has 2 N–H and O–H groups in total. The number of rotatable bonds is 6. The van der Waals surface area contributed by atoms with E-state index in [1.807, 2.05) is 0 Å². The summed E-state index contributed by atoms with van der Waals surface area (Å²) in [5.41, 5.74) is 0.0287. The second kappa shape index (κ2) is 6.31. The number of methoxy groups -OCH3 is 1. The predicted octanol–water partition coefficient (Wildman–Crippen LogP) is 1.62. The maximum Gasteiger partial charge on any atom is 0.303 e. The number of carbonyl (C=O) groups excluding carboxylic acids is 1. The van der Waals surface area contributed by atoms with E-state index in [4.69, 9.17) is 9.84 Å². The first-order valence-corrected chi connectivity index (χ1v) is 6.13. The maximum absolute atomic E-state index is 11.9. The van der Waals surface area contributed by atoms with Crippen LogP contribution in [0, 0.1) is 12.3 Å². The fourth-order valence-electron chi connectivity index (χ4n) is 1.78. The molecule has 0 fully saturated rings. The quantitative estimate of drug-likeness (QED) is 0.821. The Labute approximate surface area is 117 Å². The summed E-state index contributed by atoms with van der Waals surface area (Å²) in [5, 5.41) is 11.3. The van der Waals surface area contributed by atoms with Crippen LogP contribution in [0.15, 0.2) is 6.07 Å². The lowest BCUT2D eigenvalue weighted by Crippen LogP contribution is -2.25. The molecule has 20 heavy (non-hydrogen) atoms. The van der Waals surface area contributed by atoms with Gasteiger partial charge in [0.15, 0.2) is 0 Å². The number of ether oxygens (including phenoxy) is 1. The molecule has 7 heteroatoms. The Kier molecular flexibility index (Phi) is 5.01. The number of carboxylic acid groups (broad SMARTS) is 1. The van der Waals surface area contributed by atoms with Crippen LogP contribution < -0.4 is 10.1 Å². The van der Waals surface area contributed by atoms with E-state index in [-0.39, 0.29) is 24.7 Å². The van der Waals surface area contributed by atoms with E-state index in [2.05, 4.69) is 15.3 Å². The molecular formula is C13H19N3O4. The molecule has 0 aromatic carbocycles. The van der Waals surface area contributed by atoms with Crippen LogP contribution in [0.3, 0.4) is 0 Å². The minimum atomic E-state index is -0.934. The highest BCUT2D eigenvalue weighted by Gasteiger charge is 2.25. The molecule has 0 saturated carbocycles. The van der Waals surface area contributed by atoms with Crippen LogP contribution >= 0.6 is 0 Å². The van der Waals surface area contributed by atoms with Crippen LogP contribution in [0.2, 0.25) is 0 Å². The topological polar surface area (TPSA) is 101 Å². The Balaban J connectivity index is 2.71. The van der Waals surface area contributed by atoms with Gasteiger partial charge < -0.3 is 9.84 Å². The fourth-order valence-corrected chi connectivity index (χ4v) is 1.78. The molecule has 0 atom stereocenters. The Hall–Kier alpha value is -2.18. The number of aromatic nitrogens is 2. The molecule has 0 bridgehead atoms. The molecule has 0 aliphatic rings. The standard InChI is InChI=1S/C13H19N3O4/c1-8-5-10(20-4)16-12(14-8)15-9(17)6-13(2,3)7-11(18)19/h5H,6-7H2,1-4H3,(H,18,19)(H,14,15,16,17). The largest absolute Gasteiger partial charge is 0.481 e. The van der Waals surface area contributed by atoms with Gasteiger partial charge >= 0.3 is 5.97 Å². The van der Waals surface area contributed by atoms with Crippen molar-refractivity contribution in [2.24, 2.45) is 5.41 Å². The molecule has 0 aliphatic heterocycles. The van der Waals surface area contributed by atoms with Crippen molar-refractivity contribution in [3.8, 4) is 5.88 Å². The first-order chi connectivity index (χ1) is 9.21. The number of carboxylic acids is 1. The number of hydrogen-bond acceptors (Lipinski definition) is 5. The molecule has 1 amide bonds. The normalized spacial score (nSPS) is 11.0. The van der Waals surface area contributed by atoms with E-state index in [9.17, 15) is 9.59 Å². The minimum Gasteiger partial charge on any atom is -0.481 e. The van der Waals surface area contributed by atoms with Crippen molar-refractivity contribution >= 4 is 17.8 Å². The number of anilines is 1. The van der Waals surface area contributed by atoms with Crippen molar-refractivity contribution in [3.63, 3.8) is 0 Å².